The molecule has 0 amide bonds. The molecule has 12 rings (SSSR count). The minimum absolute atomic E-state index is 0.804. The highest BCUT2D eigenvalue weighted by molar-refractivity contribution is 7.26. The van der Waals surface area contributed by atoms with Crippen LogP contribution >= 0.6 is 11.3 Å². The molecule has 0 aliphatic rings. The van der Waals surface area contributed by atoms with E-state index in [1.807, 2.05) is 17.5 Å². The SMILES string of the molecule is c1ccc2c(c1)sc1c(-n3c4ccccc4c4ccc5c6ccccc6n(-c6cnc7c8ccccc8c8ccccc8c7n6)c5c43)cccc12. The Bertz CT molecular complexity index is 3400. The van der Waals surface area contributed by atoms with Crippen LogP contribution in [0.4, 0.5) is 0 Å². The largest absolute Gasteiger partial charge is 0.306 e. The van der Waals surface area contributed by atoms with Gasteiger partial charge in [0.1, 0.15) is 0 Å². The Balaban J connectivity index is 1.28. The third-order valence-electron chi connectivity index (χ3n) is 10.7. The Hall–Kier alpha value is -6.56. The predicted octanol–water partition coefficient (Wildman–Crippen LogP) is 12.5. The maximum Gasteiger partial charge on any atom is 0.157 e. The van der Waals surface area contributed by atoms with E-state index < -0.39 is 0 Å². The second-order valence-electron chi connectivity index (χ2n) is 13.3. The zero-order valence-corrected chi connectivity index (χ0v) is 28.0. The average Bonchev–Trinajstić information content (AvgIpc) is 3.86. The molecule has 0 bridgehead atoms. The fraction of sp³-hybridized carbons (Fsp3) is 0. The van der Waals surface area contributed by atoms with E-state index in [2.05, 4.69) is 161 Å². The molecule has 0 atom stereocenters. The summed E-state index contributed by atoms with van der Waals surface area (Å²) in [5.41, 5.74) is 7.60. The zero-order chi connectivity index (χ0) is 33.2. The van der Waals surface area contributed by atoms with Gasteiger partial charge >= 0.3 is 0 Å². The lowest BCUT2D eigenvalue weighted by Gasteiger charge is -2.14. The quantitative estimate of drug-likeness (QED) is 0.172. The molecule has 0 fully saturated rings. The third kappa shape index (κ3) is 3.58. The first-order valence-corrected chi connectivity index (χ1v) is 18.1. The maximum absolute atomic E-state index is 5.53. The number of hydrogen-bond donors (Lipinski definition) is 0. The van der Waals surface area contributed by atoms with Crippen LogP contribution in [0.15, 0.2) is 158 Å². The molecular weight excluding hydrogens is 641 g/mol. The van der Waals surface area contributed by atoms with E-state index in [1.54, 1.807) is 0 Å². The molecule has 236 valence electrons. The molecular formula is C46H26N4S. The summed E-state index contributed by atoms with van der Waals surface area (Å²) >= 11 is 1.87. The Kier molecular flexibility index (Phi) is 5.35. The van der Waals surface area contributed by atoms with Crippen molar-refractivity contribution < 1.29 is 0 Å². The molecule has 12 aromatic rings. The molecule has 4 aromatic heterocycles. The van der Waals surface area contributed by atoms with Crippen molar-refractivity contribution in [3.05, 3.63) is 158 Å². The number of nitrogens with zero attached hydrogens (tertiary/aromatic N) is 4. The van der Waals surface area contributed by atoms with Gasteiger partial charge in [-0.25, -0.2) is 4.98 Å². The van der Waals surface area contributed by atoms with Gasteiger partial charge in [0.25, 0.3) is 0 Å². The van der Waals surface area contributed by atoms with E-state index in [4.69, 9.17) is 9.97 Å². The molecule has 4 heterocycles. The molecule has 0 N–H and O–H groups in total. The van der Waals surface area contributed by atoms with Crippen LogP contribution in [0.5, 0.6) is 0 Å². The van der Waals surface area contributed by atoms with Crippen LogP contribution in [0.2, 0.25) is 0 Å². The number of thiophene rings is 1. The van der Waals surface area contributed by atoms with Gasteiger partial charge in [0.15, 0.2) is 5.82 Å². The van der Waals surface area contributed by atoms with Crippen LogP contribution in [-0.2, 0) is 0 Å². The summed E-state index contributed by atoms with van der Waals surface area (Å²) in [5.74, 6) is 0.804. The summed E-state index contributed by atoms with van der Waals surface area (Å²) in [4.78, 5) is 10.7. The number of aromatic nitrogens is 4. The summed E-state index contributed by atoms with van der Waals surface area (Å²) in [6, 6.07) is 54.7. The molecule has 8 aromatic carbocycles. The van der Waals surface area contributed by atoms with Gasteiger partial charge in [-0.1, -0.05) is 127 Å². The first-order chi connectivity index (χ1) is 25.3. The summed E-state index contributed by atoms with van der Waals surface area (Å²) in [6.45, 7) is 0. The molecule has 0 saturated heterocycles. The molecule has 0 aliphatic carbocycles. The van der Waals surface area contributed by atoms with Crippen molar-refractivity contribution in [3.63, 3.8) is 0 Å². The molecule has 51 heavy (non-hydrogen) atoms. The van der Waals surface area contributed by atoms with E-state index in [1.165, 1.54) is 69.2 Å². The van der Waals surface area contributed by atoms with Gasteiger partial charge in [0.2, 0.25) is 0 Å². The van der Waals surface area contributed by atoms with E-state index in [-0.39, 0.29) is 0 Å². The fourth-order valence-electron chi connectivity index (χ4n) is 8.62. The van der Waals surface area contributed by atoms with Gasteiger partial charge in [-0.05, 0) is 35.0 Å². The summed E-state index contributed by atoms with van der Waals surface area (Å²) < 4.78 is 7.43. The molecule has 0 unspecified atom stereocenters. The number of hydrogen-bond acceptors (Lipinski definition) is 3. The molecule has 4 nitrogen and oxygen atoms in total. The number of benzene rings is 8. The minimum atomic E-state index is 0.804. The Labute approximate surface area is 295 Å². The molecule has 0 aliphatic heterocycles. The van der Waals surface area contributed by atoms with Crippen molar-refractivity contribution in [3.8, 4) is 11.5 Å². The van der Waals surface area contributed by atoms with Crippen LogP contribution in [-0.4, -0.2) is 19.1 Å². The summed E-state index contributed by atoms with van der Waals surface area (Å²) in [5, 5.41) is 12.0. The second kappa shape index (κ2) is 10.0. The van der Waals surface area contributed by atoms with Crippen LogP contribution in [0.3, 0.4) is 0 Å². The first-order valence-electron chi connectivity index (χ1n) is 17.3. The van der Waals surface area contributed by atoms with Crippen molar-refractivity contribution in [1.82, 2.24) is 19.1 Å². The van der Waals surface area contributed by atoms with Gasteiger partial charge in [0.05, 0.1) is 49.7 Å². The number of fused-ring (bicyclic) bond motifs is 16. The van der Waals surface area contributed by atoms with Crippen molar-refractivity contribution in [2.24, 2.45) is 0 Å². The van der Waals surface area contributed by atoms with Crippen molar-refractivity contribution in [1.29, 1.82) is 0 Å². The molecule has 5 heteroatoms. The molecule has 0 radical (unpaired) electrons. The minimum Gasteiger partial charge on any atom is -0.306 e. The van der Waals surface area contributed by atoms with E-state index in [9.17, 15) is 0 Å². The van der Waals surface area contributed by atoms with Gasteiger partial charge < -0.3 is 4.57 Å². The predicted molar refractivity (Wildman–Crippen MR) is 216 cm³/mol. The van der Waals surface area contributed by atoms with E-state index in [0.29, 0.717) is 0 Å². The highest BCUT2D eigenvalue weighted by Crippen LogP contribution is 2.45. The normalized spacial score (nSPS) is 12.3. The van der Waals surface area contributed by atoms with Crippen LogP contribution in [0, 0.1) is 0 Å². The topological polar surface area (TPSA) is 35.6 Å². The van der Waals surface area contributed by atoms with Gasteiger partial charge in [-0.15, -0.1) is 11.3 Å². The lowest BCUT2D eigenvalue weighted by Crippen LogP contribution is -2.02. The highest BCUT2D eigenvalue weighted by Gasteiger charge is 2.23. The first kappa shape index (κ1) is 27.3. The van der Waals surface area contributed by atoms with Gasteiger partial charge in [0, 0.05) is 47.8 Å². The molecule has 0 spiro atoms. The van der Waals surface area contributed by atoms with Crippen LogP contribution in [0.25, 0.3) is 108 Å². The lowest BCUT2D eigenvalue weighted by molar-refractivity contribution is 1.08. The fourth-order valence-corrected chi connectivity index (χ4v) is 9.82. The number of para-hydroxylation sites is 2. The average molecular weight is 667 g/mol. The van der Waals surface area contributed by atoms with Crippen molar-refractivity contribution in [2.75, 3.05) is 0 Å². The smallest absolute Gasteiger partial charge is 0.157 e. The van der Waals surface area contributed by atoms with Crippen molar-refractivity contribution >= 4 is 108 Å². The standard InChI is InChI=1S/C46H26N4S/c1-3-17-32-27(12-1)28-13-2-4-18-33(28)43-42(32)47-26-41(48-43)50-38-21-9-6-15-30(38)35-25-24-34-29-14-5-8-20-37(29)49(44(34)45(35)50)39-22-11-19-36-31-16-7-10-23-40(31)51-46(36)39/h1-26H. The number of rotatable bonds is 2. The Morgan fingerprint density at radius 2 is 0.922 bits per heavy atom. The second-order valence-corrected chi connectivity index (χ2v) is 14.4. The zero-order valence-electron chi connectivity index (χ0n) is 27.2. The summed E-state index contributed by atoms with van der Waals surface area (Å²) in [6.07, 6.45) is 1.97. The monoisotopic (exact) mass is 666 g/mol. The van der Waals surface area contributed by atoms with Crippen LogP contribution in [0.1, 0.15) is 0 Å². The van der Waals surface area contributed by atoms with Gasteiger partial charge in [-0.2, -0.15) is 0 Å². The van der Waals surface area contributed by atoms with E-state index >= 15 is 0 Å². The highest BCUT2D eigenvalue weighted by atomic mass is 32.1. The Morgan fingerprint density at radius 3 is 1.63 bits per heavy atom. The van der Waals surface area contributed by atoms with E-state index in [0.717, 1.165) is 38.7 Å². The lowest BCUT2D eigenvalue weighted by atomic mass is 10.00. The summed E-state index contributed by atoms with van der Waals surface area (Å²) in [7, 11) is 0. The van der Waals surface area contributed by atoms with Crippen molar-refractivity contribution in [2.45, 2.75) is 0 Å². The van der Waals surface area contributed by atoms with Gasteiger partial charge in [-0.3, -0.25) is 9.55 Å². The molecule has 0 saturated carbocycles. The third-order valence-corrected chi connectivity index (χ3v) is 11.9. The van der Waals surface area contributed by atoms with Crippen LogP contribution < -0.4 is 0 Å². The Morgan fingerprint density at radius 1 is 0.392 bits per heavy atom. The maximum atomic E-state index is 5.53.